The van der Waals surface area contributed by atoms with Crippen molar-refractivity contribution >= 4 is 11.6 Å². The minimum atomic E-state index is -0.515. The lowest BCUT2D eigenvalue weighted by atomic mass is 9.85. The molecule has 1 atom stereocenters. The quantitative estimate of drug-likeness (QED) is 0.854. The largest absolute Gasteiger partial charge is 0.318 e. The van der Waals surface area contributed by atoms with Crippen LogP contribution in [0.3, 0.4) is 0 Å². The van der Waals surface area contributed by atoms with Gasteiger partial charge in [-0.25, -0.2) is 0 Å². The van der Waals surface area contributed by atoms with Gasteiger partial charge in [-0.05, 0) is 36.6 Å². The van der Waals surface area contributed by atoms with E-state index in [1.54, 1.807) is 0 Å². The van der Waals surface area contributed by atoms with Crippen LogP contribution in [0.25, 0.3) is 0 Å². The summed E-state index contributed by atoms with van der Waals surface area (Å²) in [5.74, 6) is 0. The van der Waals surface area contributed by atoms with Crippen LogP contribution in [0.4, 0.5) is 0 Å². The highest BCUT2D eigenvalue weighted by molar-refractivity contribution is 6.31. The van der Waals surface area contributed by atoms with Crippen molar-refractivity contribution in [3.8, 4) is 0 Å². The highest BCUT2D eigenvalue weighted by Crippen LogP contribution is 2.29. The lowest BCUT2D eigenvalue weighted by Crippen LogP contribution is -2.34. The van der Waals surface area contributed by atoms with Crippen LogP contribution in [0, 0.1) is 6.92 Å². The fraction of sp³-hybridized carbons (Fsp3) is 0.200. The fourth-order valence-corrected chi connectivity index (χ4v) is 2.05. The molecule has 1 nitrogen and oxygen atoms in total. The zero-order valence-electron chi connectivity index (χ0n) is 10.1. The van der Waals surface area contributed by atoms with Crippen LogP contribution in [-0.4, -0.2) is 0 Å². The molecule has 0 aliphatic heterocycles. The van der Waals surface area contributed by atoms with Gasteiger partial charge in [0.1, 0.15) is 0 Å². The average molecular weight is 246 g/mol. The first-order valence-electron chi connectivity index (χ1n) is 5.63. The van der Waals surface area contributed by atoms with Crippen LogP contribution in [0.2, 0.25) is 5.02 Å². The Bertz CT molecular complexity index is 518. The molecular weight excluding hydrogens is 230 g/mol. The van der Waals surface area contributed by atoms with Gasteiger partial charge in [0.05, 0.1) is 5.54 Å². The van der Waals surface area contributed by atoms with Crippen molar-refractivity contribution in [3.63, 3.8) is 0 Å². The third kappa shape index (κ3) is 2.36. The molecule has 0 saturated heterocycles. The van der Waals surface area contributed by atoms with Gasteiger partial charge in [0.2, 0.25) is 0 Å². The van der Waals surface area contributed by atoms with E-state index in [-0.39, 0.29) is 0 Å². The van der Waals surface area contributed by atoms with Gasteiger partial charge in [-0.2, -0.15) is 0 Å². The Morgan fingerprint density at radius 2 is 1.65 bits per heavy atom. The number of hydrogen-bond acceptors (Lipinski definition) is 1. The van der Waals surface area contributed by atoms with E-state index in [2.05, 4.69) is 0 Å². The molecule has 0 fully saturated rings. The van der Waals surface area contributed by atoms with Gasteiger partial charge in [-0.15, -0.1) is 0 Å². The van der Waals surface area contributed by atoms with Gasteiger partial charge in [-0.1, -0.05) is 54.1 Å². The summed E-state index contributed by atoms with van der Waals surface area (Å²) in [7, 11) is 0. The second-order valence-corrected chi connectivity index (χ2v) is 4.94. The van der Waals surface area contributed by atoms with Gasteiger partial charge in [0, 0.05) is 5.02 Å². The van der Waals surface area contributed by atoms with Crippen LogP contribution in [-0.2, 0) is 5.54 Å². The zero-order chi connectivity index (χ0) is 12.5. The van der Waals surface area contributed by atoms with Crippen LogP contribution >= 0.6 is 11.6 Å². The molecule has 0 aliphatic rings. The second kappa shape index (κ2) is 4.52. The molecule has 0 amide bonds. The average Bonchev–Trinajstić information content (AvgIpc) is 2.33. The highest BCUT2D eigenvalue weighted by Gasteiger charge is 2.23. The van der Waals surface area contributed by atoms with E-state index < -0.39 is 5.54 Å². The van der Waals surface area contributed by atoms with Crippen LogP contribution in [0.15, 0.2) is 48.5 Å². The summed E-state index contributed by atoms with van der Waals surface area (Å²) in [4.78, 5) is 0. The topological polar surface area (TPSA) is 26.0 Å². The molecule has 0 bridgehead atoms. The molecule has 2 aromatic rings. The summed E-state index contributed by atoms with van der Waals surface area (Å²) in [6.45, 7) is 3.99. The van der Waals surface area contributed by atoms with E-state index in [0.29, 0.717) is 0 Å². The first-order chi connectivity index (χ1) is 8.01. The normalized spacial score (nSPS) is 14.4. The van der Waals surface area contributed by atoms with Crippen molar-refractivity contribution < 1.29 is 0 Å². The van der Waals surface area contributed by atoms with Gasteiger partial charge >= 0.3 is 0 Å². The lowest BCUT2D eigenvalue weighted by molar-refractivity contribution is 0.603. The number of benzene rings is 2. The maximum absolute atomic E-state index is 6.42. The number of halogens is 1. The smallest absolute Gasteiger partial charge is 0.0637 e. The molecule has 0 aromatic heterocycles. The maximum Gasteiger partial charge on any atom is 0.0637 e. The molecule has 88 valence electrons. The summed E-state index contributed by atoms with van der Waals surface area (Å²) in [5.41, 5.74) is 9.08. The van der Waals surface area contributed by atoms with Gasteiger partial charge < -0.3 is 5.73 Å². The minimum Gasteiger partial charge on any atom is -0.318 e. The number of hydrogen-bond donors (Lipinski definition) is 1. The van der Waals surface area contributed by atoms with Crippen LogP contribution in [0.5, 0.6) is 0 Å². The zero-order valence-corrected chi connectivity index (χ0v) is 10.8. The SMILES string of the molecule is Cc1ccc(C(C)(N)c2ccccc2)cc1Cl. The standard InChI is InChI=1S/C15H16ClN/c1-11-8-9-13(10-14(11)16)15(2,17)12-6-4-3-5-7-12/h3-10H,17H2,1-2H3. The van der Waals surface area contributed by atoms with E-state index >= 15 is 0 Å². The molecule has 0 aliphatic carbocycles. The molecule has 17 heavy (non-hydrogen) atoms. The van der Waals surface area contributed by atoms with Crippen molar-refractivity contribution in [2.45, 2.75) is 19.4 Å². The van der Waals surface area contributed by atoms with E-state index in [4.69, 9.17) is 17.3 Å². The molecule has 0 radical (unpaired) electrons. The molecule has 2 rings (SSSR count). The van der Waals surface area contributed by atoms with E-state index in [0.717, 1.165) is 21.7 Å². The number of nitrogens with two attached hydrogens (primary N) is 1. The van der Waals surface area contributed by atoms with E-state index in [1.165, 1.54) is 0 Å². The van der Waals surface area contributed by atoms with Crippen LogP contribution < -0.4 is 5.73 Å². The second-order valence-electron chi connectivity index (χ2n) is 4.53. The monoisotopic (exact) mass is 245 g/mol. The summed E-state index contributed by atoms with van der Waals surface area (Å²) in [6.07, 6.45) is 0. The molecular formula is C15H16ClN. The Hall–Kier alpha value is -1.31. The molecule has 0 heterocycles. The third-order valence-corrected chi connectivity index (χ3v) is 3.55. The van der Waals surface area contributed by atoms with Crippen LogP contribution in [0.1, 0.15) is 23.6 Å². The van der Waals surface area contributed by atoms with Crippen molar-refractivity contribution in [2.75, 3.05) is 0 Å². The highest BCUT2D eigenvalue weighted by atomic mass is 35.5. The Balaban J connectivity index is 2.48. The summed E-state index contributed by atoms with van der Waals surface area (Å²) in [5, 5.41) is 0.759. The minimum absolute atomic E-state index is 0.515. The molecule has 0 saturated carbocycles. The predicted octanol–water partition coefficient (Wildman–Crippen LogP) is 3.87. The maximum atomic E-state index is 6.42. The van der Waals surface area contributed by atoms with Crippen molar-refractivity contribution in [2.24, 2.45) is 5.73 Å². The van der Waals surface area contributed by atoms with Gasteiger partial charge in [0.25, 0.3) is 0 Å². The van der Waals surface area contributed by atoms with E-state index in [9.17, 15) is 0 Å². The van der Waals surface area contributed by atoms with Crippen molar-refractivity contribution in [3.05, 3.63) is 70.2 Å². The first-order valence-corrected chi connectivity index (χ1v) is 6.00. The predicted molar refractivity (Wildman–Crippen MR) is 73.3 cm³/mol. The summed E-state index contributed by atoms with van der Waals surface area (Å²) < 4.78 is 0. The third-order valence-electron chi connectivity index (χ3n) is 3.14. The first kappa shape index (κ1) is 12.2. The Kier molecular flexibility index (Phi) is 3.23. The molecule has 1 unspecified atom stereocenters. The molecule has 0 spiro atoms. The molecule has 2 aromatic carbocycles. The van der Waals surface area contributed by atoms with Gasteiger partial charge in [-0.3, -0.25) is 0 Å². The number of aryl methyl sites for hydroxylation is 1. The Labute approximate surface area is 107 Å². The molecule has 2 N–H and O–H groups in total. The number of rotatable bonds is 2. The van der Waals surface area contributed by atoms with E-state index in [1.807, 2.05) is 62.4 Å². The Morgan fingerprint density at radius 1 is 1.00 bits per heavy atom. The lowest BCUT2D eigenvalue weighted by Gasteiger charge is -2.26. The summed E-state index contributed by atoms with van der Waals surface area (Å²) in [6, 6.07) is 16.0. The Morgan fingerprint density at radius 3 is 2.24 bits per heavy atom. The van der Waals surface area contributed by atoms with Crippen molar-refractivity contribution in [1.29, 1.82) is 0 Å². The van der Waals surface area contributed by atoms with Crippen molar-refractivity contribution in [1.82, 2.24) is 0 Å². The van der Waals surface area contributed by atoms with Gasteiger partial charge in [0.15, 0.2) is 0 Å². The summed E-state index contributed by atoms with van der Waals surface area (Å²) >= 11 is 6.15. The molecule has 2 heteroatoms. The fourth-order valence-electron chi connectivity index (χ4n) is 1.87.